The molecule has 1 heterocycles. The van der Waals surface area contributed by atoms with Crippen molar-refractivity contribution in [2.45, 2.75) is 19.8 Å². The number of likely N-dealkylation sites (tertiary alicyclic amines) is 1. The van der Waals surface area contributed by atoms with Gasteiger partial charge in [0.15, 0.2) is 0 Å². The second-order valence-electron chi connectivity index (χ2n) is 5.26. The van der Waals surface area contributed by atoms with Gasteiger partial charge in [0.2, 0.25) is 5.91 Å². The standard InChI is InChI=1S/C15H18N2O4/c1-10(18)16-13-4-2-12(3-5-13)15(21)17-7-6-11(9-17)8-14(19)20/h2-5,11H,6-9H2,1H3,(H,16,18)(H,19,20). The van der Waals surface area contributed by atoms with Crippen molar-refractivity contribution in [2.75, 3.05) is 18.4 Å². The highest BCUT2D eigenvalue weighted by molar-refractivity contribution is 5.95. The van der Waals surface area contributed by atoms with Gasteiger partial charge in [-0.1, -0.05) is 0 Å². The van der Waals surface area contributed by atoms with E-state index in [4.69, 9.17) is 5.11 Å². The number of hydrogen-bond donors (Lipinski definition) is 2. The molecule has 21 heavy (non-hydrogen) atoms. The molecule has 0 aliphatic carbocycles. The number of anilines is 1. The number of hydrogen-bond acceptors (Lipinski definition) is 3. The minimum absolute atomic E-state index is 0.0325. The summed E-state index contributed by atoms with van der Waals surface area (Å²) < 4.78 is 0. The Morgan fingerprint density at radius 3 is 2.52 bits per heavy atom. The van der Waals surface area contributed by atoms with Crippen molar-refractivity contribution in [2.24, 2.45) is 5.92 Å². The van der Waals surface area contributed by atoms with Gasteiger partial charge in [-0.3, -0.25) is 14.4 Å². The molecule has 1 aromatic rings. The third-order valence-electron chi connectivity index (χ3n) is 3.49. The average molecular weight is 290 g/mol. The van der Waals surface area contributed by atoms with Crippen molar-refractivity contribution < 1.29 is 19.5 Å². The first-order valence-corrected chi connectivity index (χ1v) is 6.84. The lowest BCUT2D eigenvalue weighted by Gasteiger charge is -2.16. The summed E-state index contributed by atoms with van der Waals surface area (Å²) in [5, 5.41) is 11.4. The zero-order valence-corrected chi connectivity index (χ0v) is 11.8. The smallest absolute Gasteiger partial charge is 0.303 e. The molecule has 0 saturated carbocycles. The number of carboxylic acids is 1. The molecular weight excluding hydrogens is 272 g/mol. The highest BCUT2D eigenvalue weighted by atomic mass is 16.4. The number of aliphatic carboxylic acids is 1. The lowest BCUT2D eigenvalue weighted by molar-refractivity contribution is -0.138. The van der Waals surface area contributed by atoms with Crippen LogP contribution in [0.25, 0.3) is 0 Å². The Bertz CT molecular complexity index is 553. The van der Waals surface area contributed by atoms with Gasteiger partial charge in [0, 0.05) is 37.7 Å². The van der Waals surface area contributed by atoms with E-state index in [0.29, 0.717) is 24.3 Å². The average Bonchev–Trinajstić information content (AvgIpc) is 2.85. The second-order valence-corrected chi connectivity index (χ2v) is 5.26. The van der Waals surface area contributed by atoms with E-state index in [1.54, 1.807) is 29.2 Å². The van der Waals surface area contributed by atoms with Crippen LogP contribution in [-0.2, 0) is 9.59 Å². The van der Waals surface area contributed by atoms with Crippen molar-refractivity contribution in [3.8, 4) is 0 Å². The third-order valence-corrected chi connectivity index (χ3v) is 3.49. The monoisotopic (exact) mass is 290 g/mol. The molecule has 1 aromatic carbocycles. The molecule has 1 saturated heterocycles. The molecule has 1 aliphatic rings. The van der Waals surface area contributed by atoms with Gasteiger partial charge in [0.1, 0.15) is 0 Å². The molecule has 0 radical (unpaired) electrons. The summed E-state index contributed by atoms with van der Waals surface area (Å²) in [4.78, 5) is 35.6. The predicted molar refractivity (Wildman–Crippen MR) is 77.0 cm³/mol. The summed E-state index contributed by atoms with van der Waals surface area (Å²) in [6, 6.07) is 6.69. The molecule has 112 valence electrons. The summed E-state index contributed by atoms with van der Waals surface area (Å²) in [6.07, 6.45) is 0.827. The Morgan fingerprint density at radius 1 is 1.29 bits per heavy atom. The first-order chi connectivity index (χ1) is 9.95. The van der Waals surface area contributed by atoms with E-state index in [1.165, 1.54) is 6.92 Å². The molecule has 2 N–H and O–H groups in total. The van der Waals surface area contributed by atoms with Crippen molar-refractivity contribution in [3.63, 3.8) is 0 Å². The normalized spacial score (nSPS) is 17.6. The minimum Gasteiger partial charge on any atom is -0.481 e. The van der Waals surface area contributed by atoms with E-state index in [9.17, 15) is 14.4 Å². The Balaban J connectivity index is 1.97. The van der Waals surface area contributed by atoms with Crippen LogP contribution in [-0.4, -0.2) is 40.9 Å². The summed E-state index contributed by atoms with van der Waals surface area (Å²) >= 11 is 0. The molecule has 0 aromatic heterocycles. The molecule has 1 fully saturated rings. The van der Waals surface area contributed by atoms with Gasteiger partial charge in [-0.15, -0.1) is 0 Å². The summed E-state index contributed by atoms with van der Waals surface area (Å²) in [7, 11) is 0. The fourth-order valence-corrected chi connectivity index (χ4v) is 2.51. The van der Waals surface area contributed by atoms with Crippen LogP contribution in [0.1, 0.15) is 30.1 Å². The van der Waals surface area contributed by atoms with Crippen molar-refractivity contribution in [1.29, 1.82) is 0 Å². The SMILES string of the molecule is CC(=O)Nc1ccc(C(=O)N2CCC(CC(=O)O)C2)cc1. The van der Waals surface area contributed by atoms with E-state index in [2.05, 4.69) is 5.32 Å². The van der Waals surface area contributed by atoms with E-state index in [-0.39, 0.29) is 24.2 Å². The Morgan fingerprint density at radius 2 is 1.95 bits per heavy atom. The van der Waals surface area contributed by atoms with Gasteiger partial charge < -0.3 is 15.3 Å². The number of rotatable bonds is 4. The summed E-state index contributed by atoms with van der Waals surface area (Å²) in [5.74, 6) is -1.05. The summed E-state index contributed by atoms with van der Waals surface area (Å²) in [6.45, 7) is 2.49. The molecule has 2 amide bonds. The van der Waals surface area contributed by atoms with E-state index in [1.807, 2.05) is 0 Å². The maximum Gasteiger partial charge on any atom is 0.303 e. The lowest BCUT2D eigenvalue weighted by Crippen LogP contribution is -2.29. The maximum atomic E-state index is 12.3. The number of benzene rings is 1. The minimum atomic E-state index is -0.825. The molecule has 6 heteroatoms. The number of nitrogens with zero attached hydrogens (tertiary/aromatic N) is 1. The van der Waals surface area contributed by atoms with Gasteiger partial charge in [-0.05, 0) is 36.6 Å². The highest BCUT2D eigenvalue weighted by Gasteiger charge is 2.28. The van der Waals surface area contributed by atoms with Crippen LogP contribution in [0.15, 0.2) is 24.3 Å². The van der Waals surface area contributed by atoms with Crippen molar-refractivity contribution in [3.05, 3.63) is 29.8 Å². The number of nitrogens with one attached hydrogen (secondary N) is 1. The van der Waals surface area contributed by atoms with Crippen LogP contribution in [0.3, 0.4) is 0 Å². The molecule has 6 nitrogen and oxygen atoms in total. The second kappa shape index (κ2) is 6.39. The number of carboxylic acid groups (broad SMARTS) is 1. The van der Waals surface area contributed by atoms with Gasteiger partial charge in [0.25, 0.3) is 5.91 Å². The predicted octanol–water partition coefficient (Wildman–Crippen LogP) is 1.58. The lowest BCUT2D eigenvalue weighted by atomic mass is 10.1. The Labute approximate surface area is 122 Å². The number of carbonyl (C=O) groups excluding carboxylic acids is 2. The Hall–Kier alpha value is -2.37. The molecule has 2 rings (SSSR count). The van der Waals surface area contributed by atoms with Crippen LogP contribution in [0.4, 0.5) is 5.69 Å². The van der Waals surface area contributed by atoms with E-state index < -0.39 is 5.97 Å². The highest BCUT2D eigenvalue weighted by Crippen LogP contribution is 2.22. The van der Waals surface area contributed by atoms with Gasteiger partial charge in [-0.2, -0.15) is 0 Å². The van der Waals surface area contributed by atoms with Crippen molar-refractivity contribution in [1.82, 2.24) is 4.90 Å². The molecule has 1 aliphatic heterocycles. The molecule has 0 bridgehead atoms. The first-order valence-electron chi connectivity index (χ1n) is 6.84. The van der Waals surface area contributed by atoms with E-state index in [0.717, 1.165) is 6.42 Å². The molecular formula is C15H18N2O4. The fraction of sp³-hybridized carbons (Fsp3) is 0.400. The zero-order valence-electron chi connectivity index (χ0n) is 11.8. The quantitative estimate of drug-likeness (QED) is 0.881. The molecule has 1 atom stereocenters. The van der Waals surface area contributed by atoms with Gasteiger partial charge in [0.05, 0.1) is 0 Å². The van der Waals surface area contributed by atoms with Crippen LogP contribution in [0, 0.1) is 5.92 Å². The van der Waals surface area contributed by atoms with Gasteiger partial charge in [-0.25, -0.2) is 0 Å². The van der Waals surface area contributed by atoms with E-state index >= 15 is 0 Å². The zero-order chi connectivity index (χ0) is 15.4. The maximum absolute atomic E-state index is 12.3. The van der Waals surface area contributed by atoms with Crippen LogP contribution < -0.4 is 5.32 Å². The topological polar surface area (TPSA) is 86.7 Å². The van der Waals surface area contributed by atoms with Crippen LogP contribution in [0.5, 0.6) is 0 Å². The van der Waals surface area contributed by atoms with Crippen LogP contribution >= 0.6 is 0 Å². The van der Waals surface area contributed by atoms with Gasteiger partial charge >= 0.3 is 5.97 Å². The number of carbonyl (C=O) groups is 3. The summed E-state index contributed by atoms with van der Waals surface area (Å²) in [5.41, 5.74) is 1.18. The third kappa shape index (κ3) is 4.05. The number of amides is 2. The molecule has 0 spiro atoms. The Kier molecular flexibility index (Phi) is 4.57. The largest absolute Gasteiger partial charge is 0.481 e. The van der Waals surface area contributed by atoms with Crippen molar-refractivity contribution >= 4 is 23.5 Å². The fourth-order valence-electron chi connectivity index (χ4n) is 2.51. The van der Waals surface area contributed by atoms with Crippen LogP contribution in [0.2, 0.25) is 0 Å². The molecule has 1 unspecified atom stereocenters. The first kappa shape index (κ1) is 15.0.